The average Bonchev–Trinajstić information content (AvgIpc) is 2.76. The molecule has 0 fully saturated rings. The number of rotatable bonds is 2. The highest BCUT2D eigenvalue weighted by atomic mass is 28.3. The van der Waals surface area contributed by atoms with E-state index >= 15 is 0 Å². The molecule has 0 saturated heterocycles. The van der Waals surface area contributed by atoms with Gasteiger partial charge in [0.25, 0.3) is 0 Å². The van der Waals surface area contributed by atoms with E-state index in [1.807, 2.05) is 0 Å². The molecule has 1 heterocycles. The van der Waals surface area contributed by atoms with Gasteiger partial charge in [0.15, 0.2) is 8.07 Å². The molecule has 0 atom stereocenters. The van der Waals surface area contributed by atoms with Gasteiger partial charge in [-0.25, -0.2) is 0 Å². The third kappa shape index (κ3) is 2.28. The fraction of sp³-hybridized carbons (Fsp3) is 0.0769. The summed E-state index contributed by atoms with van der Waals surface area (Å²) >= 11 is 0. The summed E-state index contributed by atoms with van der Waals surface area (Å²) in [6.07, 6.45) is 0. The highest BCUT2D eigenvalue weighted by Crippen LogP contribution is 2.16. The maximum absolute atomic E-state index is 2.51. The Balaban J connectivity index is 2.01. The molecule has 0 radical (unpaired) electrons. The van der Waals surface area contributed by atoms with Crippen molar-refractivity contribution in [1.82, 2.24) is 0 Å². The van der Waals surface area contributed by atoms with Gasteiger partial charge in [0.05, 0.1) is 0 Å². The van der Waals surface area contributed by atoms with Crippen molar-refractivity contribution in [3.63, 3.8) is 0 Å². The lowest BCUT2D eigenvalue weighted by Crippen LogP contribution is -2.87. The second-order valence-corrected chi connectivity index (χ2v) is 16.3. The standard InChI is InChI=1S/C26H24Si2/c1-27(2)23-17-9-11-19-25(23)28(21-13-5-3-6-14-21,22-15-7-4-8-16-22)26-20-12-10-18-24(26)27/h3-20H,1-2H3. The van der Waals surface area contributed by atoms with E-state index in [-0.39, 0.29) is 0 Å². The van der Waals surface area contributed by atoms with E-state index in [1.54, 1.807) is 20.7 Å². The van der Waals surface area contributed by atoms with Crippen LogP contribution in [0, 0.1) is 0 Å². The number of benzene rings is 4. The first-order chi connectivity index (χ1) is 13.7. The van der Waals surface area contributed by atoms with Crippen LogP contribution in [0.4, 0.5) is 0 Å². The monoisotopic (exact) mass is 392 g/mol. The quantitative estimate of drug-likeness (QED) is 0.459. The molecular formula is C26H24Si2. The first-order valence-corrected chi connectivity index (χ1v) is 15.0. The Kier molecular flexibility index (Phi) is 4.00. The minimum Gasteiger partial charge on any atom is -0.0627 e. The van der Waals surface area contributed by atoms with E-state index in [2.05, 4.69) is 122 Å². The van der Waals surface area contributed by atoms with Gasteiger partial charge in [-0.05, 0) is 20.7 Å². The molecule has 0 amide bonds. The van der Waals surface area contributed by atoms with Gasteiger partial charge in [0.1, 0.15) is 8.07 Å². The predicted molar refractivity (Wildman–Crippen MR) is 127 cm³/mol. The maximum Gasteiger partial charge on any atom is 0.179 e. The molecule has 136 valence electrons. The molecule has 0 saturated carbocycles. The maximum atomic E-state index is 2.51. The molecule has 0 aliphatic carbocycles. The van der Waals surface area contributed by atoms with Crippen molar-refractivity contribution in [2.75, 3.05) is 0 Å². The molecule has 4 aromatic carbocycles. The van der Waals surface area contributed by atoms with Crippen LogP contribution >= 0.6 is 0 Å². The zero-order valence-electron chi connectivity index (χ0n) is 16.4. The summed E-state index contributed by atoms with van der Waals surface area (Å²) < 4.78 is 0. The van der Waals surface area contributed by atoms with Gasteiger partial charge in [-0.1, -0.05) is 133 Å². The van der Waals surface area contributed by atoms with E-state index < -0.39 is 16.1 Å². The molecule has 1 aliphatic rings. The second kappa shape index (κ2) is 6.44. The summed E-state index contributed by atoms with van der Waals surface area (Å²) in [7, 11) is -4.08. The SMILES string of the molecule is C[Si]1(C)c2ccccc2[Si](c2ccccc2)(c2ccccc2)c2ccccc21. The Morgan fingerprint density at radius 2 is 0.714 bits per heavy atom. The van der Waals surface area contributed by atoms with Crippen LogP contribution in [0.1, 0.15) is 0 Å². The molecule has 0 aromatic heterocycles. The molecule has 2 heteroatoms. The van der Waals surface area contributed by atoms with Gasteiger partial charge < -0.3 is 0 Å². The Morgan fingerprint density at radius 3 is 1.11 bits per heavy atom. The first kappa shape index (κ1) is 17.4. The van der Waals surface area contributed by atoms with E-state index in [9.17, 15) is 0 Å². The summed E-state index contributed by atoms with van der Waals surface area (Å²) in [5.41, 5.74) is 0. The van der Waals surface area contributed by atoms with Gasteiger partial charge in [0, 0.05) is 0 Å². The Hall–Kier alpha value is -2.69. The summed E-state index contributed by atoms with van der Waals surface area (Å²) in [6.45, 7) is 5.03. The van der Waals surface area contributed by atoms with Crippen molar-refractivity contribution in [2.45, 2.75) is 13.1 Å². The minimum absolute atomic E-state index is 1.48. The van der Waals surface area contributed by atoms with E-state index in [1.165, 1.54) is 10.4 Å². The molecule has 1 aliphatic heterocycles. The van der Waals surface area contributed by atoms with Gasteiger partial charge in [-0.3, -0.25) is 0 Å². The van der Waals surface area contributed by atoms with E-state index in [0.717, 1.165) is 0 Å². The first-order valence-electron chi connectivity index (χ1n) is 9.98. The molecule has 0 N–H and O–H groups in total. The molecule has 28 heavy (non-hydrogen) atoms. The van der Waals surface area contributed by atoms with Crippen LogP contribution in [-0.2, 0) is 0 Å². The summed E-state index contributed by atoms with van der Waals surface area (Å²) in [5.74, 6) is 0. The van der Waals surface area contributed by atoms with Crippen molar-refractivity contribution in [3.8, 4) is 0 Å². The van der Waals surface area contributed by atoms with E-state index in [0.29, 0.717) is 0 Å². The van der Waals surface area contributed by atoms with Gasteiger partial charge in [0.2, 0.25) is 0 Å². The van der Waals surface area contributed by atoms with Crippen LogP contribution in [0.5, 0.6) is 0 Å². The molecule has 5 rings (SSSR count). The van der Waals surface area contributed by atoms with Crippen molar-refractivity contribution in [3.05, 3.63) is 109 Å². The van der Waals surface area contributed by atoms with Crippen LogP contribution in [0.25, 0.3) is 0 Å². The lowest BCUT2D eigenvalue weighted by atomic mass is 10.3. The Labute approximate surface area is 169 Å². The van der Waals surface area contributed by atoms with E-state index in [4.69, 9.17) is 0 Å². The molecule has 4 aromatic rings. The fourth-order valence-electron chi connectivity index (χ4n) is 5.17. The highest BCUT2D eigenvalue weighted by Gasteiger charge is 2.51. The number of hydrogen-bond donors (Lipinski definition) is 0. The van der Waals surface area contributed by atoms with Crippen LogP contribution in [-0.4, -0.2) is 16.1 Å². The third-order valence-corrected chi connectivity index (χ3v) is 15.4. The fourth-order valence-corrected chi connectivity index (χ4v) is 15.9. The van der Waals surface area contributed by atoms with Gasteiger partial charge in [-0.2, -0.15) is 0 Å². The smallest absolute Gasteiger partial charge is 0.0627 e. The predicted octanol–water partition coefficient (Wildman–Crippen LogP) is 2.20. The molecular weight excluding hydrogens is 368 g/mol. The minimum atomic E-state index is -2.33. The average molecular weight is 393 g/mol. The van der Waals surface area contributed by atoms with Crippen LogP contribution in [0.15, 0.2) is 109 Å². The summed E-state index contributed by atoms with van der Waals surface area (Å²) in [5, 5.41) is 9.34. The van der Waals surface area contributed by atoms with Crippen LogP contribution in [0.3, 0.4) is 0 Å². The van der Waals surface area contributed by atoms with Crippen LogP contribution in [0.2, 0.25) is 13.1 Å². The molecule has 0 unspecified atom stereocenters. The normalized spacial score (nSPS) is 16.1. The van der Waals surface area contributed by atoms with Crippen molar-refractivity contribution in [2.24, 2.45) is 0 Å². The zero-order valence-corrected chi connectivity index (χ0v) is 18.4. The second-order valence-electron chi connectivity index (χ2n) is 8.20. The largest absolute Gasteiger partial charge is 0.179 e. The lowest BCUT2D eigenvalue weighted by Gasteiger charge is -2.45. The Bertz CT molecular complexity index is 1040. The lowest BCUT2D eigenvalue weighted by molar-refractivity contribution is 1.64. The van der Waals surface area contributed by atoms with Gasteiger partial charge >= 0.3 is 0 Å². The summed E-state index contributed by atoms with van der Waals surface area (Å²) in [6, 6.07) is 41.1. The van der Waals surface area contributed by atoms with Gasteiger partial charge in [-0.15, -0.1) is 0 Å². The molecule has 0 spiro atoms. The van der Waals surface area contributed by atoms with Crippen molar-refractivity contribution >= 4 is 47.3 Å². The van der Waals surface area contributed by atoms with Crippen molar-refractivity contribution < 1.29 is 0 Å². The molecule has 0 bridgehead atoms. The highest BCUT2D eigenvalue weighted by molar-refractivity contribution is 7.27. The summed E-state index contributed by atoms with van der Waals surface area (Å²) in [4.78, 5) is 0. The third-order valence-electron chi connectivity index (χ3n) is 6.42. The van der Waals surface area contributed by atoms with Crippen molar-refractivity contribution in [1.29, 1.82) is 0 Å². The zero-order chi connectivity index (χ0) is 19.2. The Morgan fingerprint density at radius 1 is 0.393 bits per heavy atom. The number of hydrogen-bond acceptors (Lipinski definition) is 0. The van der Waals surface area contributed by atoms with Crippen LogP contribution < -0.4 is 31.1 Å². The topological polar surface area (TPSA) is 0 Å². The number of fused-ring (bicyclic) bond motifs is 2. The molecule has 0 nitrogen and oxygen atoms in total.